The van der Waals surface area contributed by atoms with E-state index in [-0.39, 0.29) is 23.2 Å². The number of hydrogen-bond donors (Lipinski definition) is 2. The molecule has 0 saturated carbocycles. The number of rotatable bonds is 5. The Balaban J connectivity index is 0.00000280. The summed E-state index contributed by atoms with van der Waals surface area (Å²) in [6, 6.07) is 12.7. The number of nitrogens with one attached hydrogen (secondary N) is 2. The van der Waals surface area contributed by atoms with E-state index in [1.165, 1.54) is 12.1 Å². The largest absolute Gasteiger partial charge is 0.497 e. The maximum Gasteiger partial charge on any atom is 0.261 e. The van der Waals surface area contributed by atoms with E-state index in [9.17, 15) is 13.2 Å². The highest BCUT2D eigenvalue weighted by atomic mass is 35.5. The van der Waals surface area contributed by atoms with E-state index in [4.69, 9.17) is 4.74 Å². The van der Waals surface area contributed by atoms with E-state index >= 15 is 0 Å². The Bertz CT molecular complexity index is 896. The molecule has 0 aromatic heterocycles. The van der Waals surface area contributed by atoms with Crippen LogP contribution in [0.4, 0.5) is 5.69 Å². The molecule has 3 rings (SSSR count). The van der Waals surface area contributed by atoms with Crippen molar-refractivity contribution in [2.45, 2.75) is 11.3 Å². The number of methoxy groups -OCH3 is 1. The quantitative estimate of drug-likeness (QED) is 0.767. The molecule has 28 heavy (non-hydrogen) atoms. The van der Waals surface area contributed by atoms with Crippen LogP contribution in [0.1, 0.15) is 16.8 Å². The van der Waals surface area contributed by atoms with Crippen molar-refractivity contribution in [2.75, 3.05) is 38.0 Å². The van der Waals surface area contributed by atoms with Gasteiger partial charge in [-0.3, -0.25) is 9.52 Å². The highest BCUT2D eigenvalue weighted by molar-refractivity contribution is 7.92. The molecule has 0 atom stereocenters. The van der Waals surface area contributed by atoms with Gasteiger partial charge in [0.25, 0.3) is 15.9 Å². The maximum atomic E-state index is 12.7. The Morgan fingerprint density at radius 2 is 1.86 bits per heavy atom. The summed E-state index contributed by atoms with van der Waals surface area (Å²) in [6.07, 6.45) is 0.878. The molecule has 1 aliphatic heterocycles. The van der Waals surface area contributed by atoms with Crippen molar-refractivity contribution in [2.24, 2.45) is 0 Å². The first-order valence-corrected chi connectivity index (χ1v) is 10.2. The first-order chi connectivity index (χ1) is 13.0. The molecule has 0 unspecified atom stereocenters. The molecular formula is C19H24ClN3O4S. The number of sulfonamides is 1. The number of halogens is 1. The van der Waals surface area contributed by atoms with E-state index in [1.807, 2.05) is 0 Å². The first kappa shape index (κ1) is 22.0. The number of benzene rings is 2. The van der Waals surface area contributed by atoms with Gasteiger partial charge < -0.3 is 15.0 Å². The summed E-state index contributed by atoms with van der Waals surface area (Å²) < 4.78 is 33.0. The highest BCUT2D eigenvalue weighted by Crippen LogP contribution is 2.20. The lowest BCUT2D eigenvalue weighted by Crippen LogP contribution is -2.34. The van der Waals surface area contributed by atoms with Crippen molar-refractivity contribution in [3.63, 3.8) is 0 Å². The third-order valence-corrected chi connectivity index (χ3v) is 5.74. The van der Waals surface area contributed by atoms with Gasteiger partial charge in [0.1, 0.15) is 5.75 Å². The van der Waals surface area contributed by atoms with Gasteiger partial charge in [0.2, 0.25) is 0 Å². The standard InChI is InChI=1S/C19H23N3O4S.ClH/c1-26-17-8-6-16(7-9-17)21-27(24,25)18-5-2-4-15(14-18)19(23)22-12-3-10-20-11-13-22;/h2,4-9,14,20-21H,3,10-13H2,1H3;1H. The van der Waals surface area contributed by atoms with Crippen LogP contribution >= 0.6 is 12.4 Å². The molecule has 9 heteroatoms. The predicted molar refractivity (Wildman–Crippen MR) is 111 cm³/mol. The zero-order valence-electron chi connectivity index (χ0n) is 15.6. The number of amides is 1. The maximum absolute atomic E-state index is 12.7. The van der Waals surface area contributed by atoms with E-state index < -0.39 is 10.0 Å². The van der Waals surface area contributed by atoms with Crippen LogP contribution in [0.5, 0.6) is 5.75 Å². The van der Waals surface area contributed by atoms with Crippen molar-refractivity contribution in [1.82, 2.24) is 10.2 Å². The van der Waals surface area contributed by atoms with Crippen molar-refractivity contribution in [3.8, 4) is 5.75 Å². The van der Waals surface area contributed by atoms with Gasteiger partial charge in [-0.25, -0.2) is 8.42 Å². The van der Waals surface area contributed by atoms with E-state index in [2.05, 4.69) is 10.0 Å². The Kier molecular flexibility index (Phi) is 7.68. The summed E-state index contributed by atoms with van der Waals surface area (Å²) in [5.74, 6) is 0.484. The van der Waals surface area contributed by atoms with Crippen LogP contribution in [0.15, 0.2) is 53.4 Å². The molecule has 1 saturated heterocycles. The van der Waals surface area contributed by atoms with Gasteiger partial charge >= 0.3 is 0 Å². The Morgan fingerprint density at radius 1 is 1.11 bits per heavy atom. The zero-order chi connectivity index (χ0) is 19.3. The molecule has 2 aromatic rings. The summed E-state index contributed by atoms with van der Waals surface area (Å²) in [5.41, 5.74) is 0.792. The zero-order valence-corrected chi connectivity index (χ0v) is 17.2. The Hall–Kier alpha value is -2.29. The third-order valence-electron chi connectivity index (χ3n) is 4.36. The van der Waals surface area contributed by atoms with Gasteiger partial charge in [-0.05, 0) is 55.4 Å². The second-order valence-electron chi connectivity index (χ2n) is 6.26. The minimum Gasteiger partial charge on any atom is -0.497 e. The highest BCUT2D eigenvalue weighted by Gasteiger charge is 2.20. The first-order valence-electron chi connectivity index (χ1n) is 8.76. The molecule has 2 N–H and O–H groups in total. The molecule has 0 aliphatic carbocycles. The smallest absolute Gasteiger partial charge is 0.261 e. The van der Waals surface area contributed by atoms with Crippen molar-refractivity contribution in [1.29, 1.82) is 0 Å². The molecule has 0 spiro atoms. The molecule has 152 valence electrons. The predicted octanol–water partition coefficient (Wildman–Crippen LogP) is 2.35. The molecule has 0 radical (unpaired) electrons. The third kappa shape index (κ3) is 5.37. The summed E-state index contributed by atoms with van der Waals surface area (Å²) in [6.45, 7) is 2.89. The SMILES string of the molecule is COc1ccc(NS(=O)(=O)c2cccc(C(=O)N3CCCNCC3)c2)cc1.Cl. The normalized spacial score (nSPS) is 14.5. The van der Waals surface area contributed by atoms with E-state index in [1.54, 1.807) is 48.4 Å². The molecular weight excluding hydrogens is 402 g/mol. The van der Waals surface area contributed by atoms with Gasteiger partial charge in [0.15, 0.2) is 0 Å². The lowest BCUT2D eigenvalue weighted by Gasteiger charge is -2.20. The second-order valence-corrected chi connectivity index (χ2v) is 7.94. The summed E-state index contributed by atoms with van der Waals surface area (Å²) >= 11 is 0. The van der Waals surface area contributed by atoms with Crippen LogP contribution in [-0.4, -0.2) is 52.5 Å². The van der Waals surface area contributed by atoms with Crippen LogP contribution in [0, 0.1) is 0 Å². The molecule has 1 heterocycles. The lowest BCUT2D eigenvalue weighted by molar-refractivity contribution is 0.0766. The number of hydrogen-bond acceptors (Lipinski definition) is 5. The summed E-state index contributed by atoms with van der Waals surface area (Å²) in [5, 5.41) is 3.25. The number of carbonyl (C=O) groups is 1. The molecule has 1 amide bonds. The van der Waals surface area contributed by atoms with Gasteiger partial charge in [-0.15, -0.1) is 12.4 Å². The fourth-order valence-corrected chi connectivity index (χ4v) is 4.00. The average molecular weight is 426 g/mol. The summed E-state index contributed by atoms with van der Waals surface area (Å²) in [7, 11) is -2.26. The number of ether oxygens (including phenoxy) is 1. The molecule has 1 fully saturated rings. The minimum absolute atomic E-state index is 0. The van der Waals surface area contributed by atoms with E-state index in [0.717, 1.165) is 19.5 Å². The van der Waals surface area contributed by atoms with Gasteiger partial charge in [0, 0.05) is 30.9 Å². The van der Waals surface area contributed by atoms with Gasteiger partial charge in [-0.2, -0.15) is 0 Å². The minimum atomic E-state index is -3.80. The monoisotopic (exact) mass is 425 g/mol. The second kappa shape index (κ2) is 9.77. The molecule has 1 aliphatic rings. The number of nitrogens with zero attached hydrogens (tertiary/aromatic N) is 1. The average Bonchev–Trinajstić information content (AvgIpc) is 2.97. The molecule has 2 aromatic carbocycles. The van der Waals surface area contributed by atoms with Crippen LogP contribution in [-0.2, 0) is 10.0 Å². The fourth-order valence-electron chi connectivity index (χ4n) is 2.90. The van der Waals surface area contributed by atoms with E-state index in [0.29, 0.717) is 30.1 Å². The number of carbonyl (C=O) groups excluding carboxylic acids is 1. The van der Waals surface area contributed by atoms with Crippen molar-refractivity contribution in [3.05, 3.63) is 54.1 Å². The van der Waals surface area contributed by atoms with Crippen molar-refractivity contribution >= 4 is 34.0 Å². The van der Waals surface area contributed by atoms with Crippen LogP contribution in [0.3, 0.4) is 0 Å². The number of anilines is 1. The molecule has 0 bridgehead atoms. The topological polar surface area (TPSA) is 87.7 Å². The lowest BCUT2D eigenvalue weighted by atomic mass is 10.2. The van der Waals surface area contributed by atoms with Crippen LogP contribution < -0.4 is 14.8 Å². The molecule has 7 nitrogen and oxygen atoms in total. The van der Waals surface area contributed by atoms with Gasteiger partial charge in [-0.1, -0.05) is 6.07 Å². The van der Waals surface area contributed by atoms with Gasteiger partial charge in [0.05, 0.1) is 12.0 Å². The van der Waals surface area contributed by atoms with Crippen LogP contribution in [0.25, 0.3) is 0 Å². The summed E-state index contributed by atoms with van der Waals surface area (Å²) in [4.78, 5) is 14.5. The Labute approximate surface area is 171 Å². The fraction of sp³-hybridized carbons (Fsp3) is 0.316. The van der Waals surface area contributed by atoms with Crippen molar-refractivity contribution < 1.29 is 17.9 Å². The Morgan fingerprint density at radius 3 is 2.57 bits per heavy atom. The van der Waals surface area contributed by atoms with Crippen LogP contribution in [0.2, 0.25) is 0 Å².